The lowest BCUT2D eigenvalue weighted by Crippen LogP contribution is -2.64. The normalized spacial score (nSPS) is 17.0. The van der Waals surface area contributed by atoms with Crippen LogP contribution >= 0.6 is 0 Å². The van der Waals surface area contributed by atoms with Crippen LogP contribution in [-0.2, 0) is 24.4 Å². The summed E-state index contributed by atoms with van der Waals surface area (Å²) in [7, 11) is -4.33. The van der Waals surface area contributed by atoms with Crippen molar-refractivity contribution in [3.05, 3.63) is 54.9 Å². The van der Waals surface area contributed by atoms with Gasteiger partial charge in [0.1, 0.15) is 0 Å². The Hall–Kier alpha value is -3.97. The number of aromatic nitrogens is 2. The van der Waals surface area contributed by atoms with Crippen molar-refractivity contribution < 1.29 is 28.0 Å². The van der Waals surface area contributed by atoms with Gasteiger partial charge in [0.25, 0.3) is 5.91 Å². The van der Waals surface area contributed by atoms with Crippen LogP contribution in [0.2, 0.25) is 0 Å². The van der Waals surface area contributed by atoms with Gasteiger partial charge in [-0.3, -0.25) is 4.79 Å². The Balaban J connectivity index is 1.34. The van der Waals surface area contributed by atoms with E-state index >= 15 is 0 Å². The number of hydrogen-bond acceptors (Lipinski definition) is 8. The van der Waals surface area contributed by atoms with Gasteiger partial charge in [-0.05, 0) is 37.6 Å². The lowest BCUT2D eigenvalue weighted by molar-refractivity contribution is -0.149. The van der Waals surface area contributed by atoms with Gasteiger partial charge in [0, 0.05) is 30.7 Å². The van der Waals surface area contributed by atoms with E-state index in [-0.39, 0.29) is 11.3 Å². The van der Waals surface area contributed by atoms with Gasteiger partial charge in [-0.1, -0.05) is 41.6 Å². The highest BCUT2D eigenvalue weighted by molar-refractivity contribution is 7.89. The summed E-state index contributed by atoms with van der Waals surface area (Å²) in [5.74, 6) is -1.67. The SMILES string of the molecule is CC(NC(=O)C1CC(CCCCNc2ncc[nH]2)=NO1)(NS(=O)(=O)c1cccc2ccccc12)C(=O)O. The summed E-state index contributed by atoms with van der Waals surface area (Å²) in [6.45, 7) is 1.78. The summed E-state index contributed by atoms with van der Waals surface area (Å²) in [4.78, 5) is 37.0. The molecule has 0 saturated carbocycles. The number of aliphatic carboxylic acids is 1. The highest BCUT2D eigenvalue weighted by atomic mass is 32.2. The summed E-state index contributed by atoms with van der Waals surface area (Å²) in [5, 5.41) is 20.3. The van der Waals surface area contributed by atoms with E-state index in [1.807, 2.05) is 0 Å². The minimum atomic E-state index is -4.33. The Morgan fingerprint density at radius 2 is 1.97 bits per heavy atom. The molecule has 4 rings (SSSR count). The molecular weight excluding hydrogens is 500 g/mol. The number of carboxylic acids is 1. The number of amides is 1. The van der Waals surface area contributed by atoms with E-state index in [2.05, 4.69) is 30.5 Å². The summed E-state index contributed by atoms with van der Waals surface area (Å²) in [6, 6.07) is 11.5. The van der Waals surface area contributed by atoms with E-state index in [9.17, 15) is 23.1 Å². The molecule has 2 atom stereocenters. The Morgan fingerprint density at radius 1 is 1.19 bits per heavy atom. The molecule has 1 amide bonds. The average molecular weight is 529 g/mol. The van der Waals surface area contributed by atoms with E-state index < -0.39 is 33.7 Å². The monoisotopic (exact) mass is 528 g/mol. The highest BCUT2D eigenvalue weighted by Gasteiger charge is 2.42. The molecule has 3 aromatic rings. The molecule has 0 fully saturated rings. The van der Waals surface area contributed by atoms with Crippen LogP contribution in [0.4, 0.5) is 5.95 Å². The molecule has 2 heterocycles. The van der Waals surface area contributed by atoms with Crippen molar-refractivity contribution in [2.24, 2.45) is 5.16 Å². The summed E-state index contributed by atoms with van der Waals surface area (Å²) in [6.07, 6.45) is 4.74. The van der Waals surface area contributed by atoms with Crippen LogP contribution in [0.15, 0.2) is 64.9 Å². The summed E-state index contributed by atoms with van der Waals surface area (Å²) in [5.41, 5.74) is -1.65. The molecule has 196 valence electrons. The van der Waals surface area contributed by atoms with E-state index in [4.69, 9.17) is 4.84 Å². The van der Waals surface area contributed by atoms with Gasteiger partial charge in [-0.2, -0.15) is 4.72 Å². The van der Waals surface area contributed by atoms with Crippen molar-refractivity contribution in [2.45, 2.75) is 49.3 Å². The number of imidazole rings is 1. The first kappa shape index (κ1) is 26.1. The van der Waals surface area contributed by atoms with Crippen molar-refractivity contribution in [1.82, 2.24) is 20.0 Å². The molecule has 37 heavy (non-hydrogen) atoms. The van der Waals surface area contributed by atoms with Crippen LogP contribution in [-0.4, -0.2) is 59.4 Å². The van der Waals surface area contributed by atoms with Crippen LogP contribution in [0.25, 0.3) is 10.8 Å². The minimum absolute atomic E-state index is 0.100. The minimum Gasteiger partial charge on any atom is -0.478 e. The molecule has 2 unspecified atom stereocenters. The second kappa shape index (κ2) is 11.0. The molecule has 2 aromatic carbocycles. The number of carbonyl (C=O) groups excluding carboxylic acids is 1. The van der Waals surface area contributed by atoms with Crippen molar-refractivity contribution in [3.8, 4) is 0 Å². The number of nitrogens with zero attached hydrogens (tertiary/aromatic N) is 2. The summed E-state index contributed by atoms with van der Waals surface area (Å²) < 4.78 is 28.5. The number of oxime groups is 1. The maximum absolute atomic E-state index is 13.2. The van der Waals surface area contributed by atoms with Crippen molar-refractivity contribution in [3.63, 3.8) is 0 Å². The van der Waals surface area contributed by atoms with Gasteiger partial charge in [-0.25, -0.2) is 18.2 Å². The van der Waals surface area contributed by atoms with Gasteiger partial charge >= 0.3 is 5.97 Å². The largest absolute Gasteiger partial charge is 0.478 e. The molecular formula is C24H28N6O6S. The van der Waals surface area contributed by atoms with Gasteiger partial charge in [0.15, 0.2) is 5.95 Å². The number of carbonyl (C=O) groups is 2. The van der Waals surface area contributed by atoms with E-state index in [0.717, 1.165) is 19.8 Å². The van der Waals surface area contributed by atoms with E-state index in [1.165, 1.54) is 6.07 Å². The number of H-pyrrole nitrogens is 1. The lowest BCUT2D eigenvalue weighted by atomic mass is 10.1. The van der Waals surface area contributed by atoms with Crippen LogP contribution in [0.1, 0.15) is 32.6 Å². The molecule has 0 saturated heterocycles. The first-order valence-electron chi connectivity index (χ1n) is 11.7. The predicted octanol–water partition coefficient (Wildman–Crippen LogP) is 2.19. The smallest absolute Gasteiger partial charge is 0.345 e. The zero-order valence-corrected chi connectivity index (χ0v) is 20.9. The number of nitrogens with one attached hydrogen (secondary N) is 4. The second-order valence-corrected chi connectivity index (χ2v) is 10.4. The molecule has 13 heteroatoms. The number of benzene rings is 2. The van der Waals surface area contributed by atoms with Gasteiger partial charge < -0.3 is 25.6 Å². The fraction of sp³-hybridized carbons (Fsp3) is 0.333. The fourth-order valence-electron chi connectivity index (χ4n) is 3.94. The Kier molecular flexibility index (Phi) is 7.74. The third kappa shape index (κ3) is 6.24. The summed E-state index contributed by atoms with van der Waals surface area (Å²) >= 11 is 0. The van der Waals surface area contributed by atoms with Crippen LogP contribution in [0.3, 0.4) is 0 Å². The quantitative estimate of drug-likeness (QED) is 0.176. The van der Waals surface area contributed by atoms with Crippen molar-refractivity contribution in [2.75, 3.05) is 11.9 Å². The second-order valence-electron chi connectivity index (χ2n) is 8.78. The number of carboxylic acid groups (broad SMARTS) is 1. The molecule has 12 nitrogen and oxygen atoms in total. The Labute approximate surface area is 213 Å². The third-order valence-electron chi connectivity index (χ3n) is 5.88. The number of sulfonamides is 1. The zero-order chi connectivity index (χ0) is 26.5. The first-order valence-corrected chi connectivity index (χ1v) is 13.2. The van der Waals surface area contributed by atoms with Gasteiger partial charge in [0.2, 0.25) is 21.8 Å². The van der Waals surface area contributed by atoms with Gasteiger partial charge in [0.05, 0.1) is 10.6 Å². The first-order chi connectivity index (χ1) is 17.7. The molecule has 5 N–H and O–H groups in total. The molecule has 0 spiro atoms. The molecule has 0 radical (unpaired) electrons. The lowest BCUT2D eigenvalue weighted by Gasteiger charge is -2.28. The molecule has 1 aromatic heterocycles. The number of aromatic amines is 1. The molecule has 1 aliphatic heterocycles. The molecule has 0 aliphatic carbocycles. The highest BCUT2D eigenvalue weighted by Crippen LogP contribution is 2.24. The number of fused-ring (bicyclic) bond motifs is 1. The number of rotatable bonds is 12. The average Bonchev–Trinajstić information content (AvgIpc) is 3.55. The molecule has 1 aliphatic rings. The maximum atomic E-state index is 13.2. The Bertz CT molecular complexity index is 1400. The third-order valence-corrected chi connectivity index (χ3v) is 7.50. The topological polar surface area (TPSA) is 175 Å². The predicted molar refractivity (Wildman–Crippen MR) is 136 cm³/mol. The maximum Gasteiger partial charge on any atom is 0.345 e. The van der Waals surface area contributed by atoms with Crippen LogP contribution in [0.5, 0.6) is 0 Å². The van der Waals surface area contributed by atoms with E-state index in [1.54, 1.807) is 48.8 Å². The Morgan fingerprint density at radius 3 is 2.73 bits per heavy atom. The number of anilines is 1. The van der Waals surface area contributed by atoms with Crippen molar-refractivity contribution in [1.29, 1.82) is 0 Å². The number of hydrogen-bond donors (Lipinski definition) is 5. The zero-order valence-electron chi connectivity index (χ0n) is 20.1. The van der Waals surface area contributed by atoms with Crippen LogP contribution in [0, 0.1) is 0 Å². The fourth-order valence-corrected chi connectivity index (χ4v) is 5.46. The van der Waals surface area contributed by atoms with E-state index in [0.29, 0.717) is 35.4 Å². The van der Waals surface area contributed by atoms with Crippen LogP contribution < -0.4 is 15.4 Å². The van der Waals surface area contributed by atoms with Crippen molar-refractivity contribution >= 4 is 44.3 Å². The standard InChI is InChI=1S/C24H28N6O6S/c1-24(22(32)33,30-37(34,35)20-11-6-8-16-7-2-3-10-18(16)20)28-21(31)19-15-17(29-36-19)9-4-5-12-25-23-26-13-14-27-23/h2-3,6-8,10-11,13-14,19,30H,4-5,9,12,15H2,1H3,(H,28,31)(H,32,33)(H2,25,26,27). The number of unbranched alkanes of at least 4 members (excludes halogenated alkanes) is 1. The molecule has 0 bridgehead atoms. The van der Waals surface area contributed by atoms with Gasteiger partial charge in [-0.15, -0.1) is 0 Å².